The predicted molar refractivity (Wildman–Crippen MR) is 391 cm³/mol. The van der Waals surface area contributed by atoms with E-state index in [0.29, 0.717) is 62.5 Å². The highest BCUT2D eigenvalue weighted by atomic mass is 16.5. The highest BCUT2D eigenvalue weighted by molar-refractivity contribution is 5.76. The van der Waals surface area contributed by atoms with Crippen molar-refractivity contribution in [2.24, 2.45) is 11.8 Å². The van der Waals surface area contributed by atoms with E-state index >= 15 is 0 Å². The van der Waals surface area contributed by atoms with Gasteiger partial charge in [0.1, 0.15) is 0 Å². The quantitative estimate of drug-likeness (QED) is 0.0442. The van der Waals surface area contributed by atoms with Crippen molar-refractivity contribution in [1.82, 2.24) is 14.7 Å². The zero-order valence-electron chi connectivity index (χ0n) is 62.0. The maximum Gasteiger partial charge on any atom is 0.305 e. The number of carbonyl (C=O) groups is 4. The minimum Gasteiger partial charge on any atom is -0.465 e. The molecule has 0 saturated carbocycles. The monoisotopic (exact) mass is 1270 g/mol. The smallest absolute Gasteiger partial charge is 0.305 e. The lowest BCUT2D eigenvalue weighted by Gasteiger charge is -2.23. The number of unbranched alkanes of at least 4 members (excludes halogenated alkanes) is 42. The molecule has 534 valence electrons. The minimum atomic E-state index is -0.0308. The summed E-state index contributed by atoms with van der Waals surface area (Å²) >= 11 is 0. The van der Waals surface area contributed by atoms with Crippen molar-refractivity contribution in [2.45, 2.75) is 427 Å². The Bertz CT molecular complexity index is 1400. The van der Waals surface area contributed by atoms with Crippen LogP contribution >= 0.6 is 0 Å². The summed E-state index contributed by atoms with van der Waals surface area (Å²) in [5.41, 5.74) is 0. The van der Waals surface area contributed by atoms with E-state index in [0.717, 1.165) is 103 Å². The average Bonchev–Trinajstić information content (AvgIpc) is 3.73. The Balaban J connectivity index is 4.70. The van der Waals surface area contributed by atoms with Gasteiger partial charge in [0.2, 0.25) is 11.8 Å². The fourth-order valence-electron chi connectivity index (χ4n) is 13.2. The summed E-state index contributed by atoms with van der Waals surface area (Å²) in [6.45, 7) is 20.5. The molecule has 0 aromatic carbocycles. The molecule has 0 bridgehead atoms. The van der Waals surface area contributed by atoms with Crippen LogP contribution < -0.4 is 0 Å². The SMILES string of the molecule is CCCCCCCCCC(=O)N(CCCCCCCCN(C)CCCCCCCCN(CCCCCC(=O)OCC(CCCCCC)CCCCCCCC)C(=O)CCCCCCCCC)CCCCCC(=O)OCC(CCCCCC)CCCCCCCC. The first-order valence-electron chi connectivity index (χ1n) is 40.7. The molecule has 2 unspecified atom stereocenters. The van der Waals surface area contributed by atoms with E-state index in [1.807, 2.05) is 0 Å². The normalized spacial score (nSPS) is 12.3. The van der Waals surface area contributed by atoms with Gasteiger partial charge < -0.3 is 24.2 Å². The maximum absolute atomic E-state index is 13.5. The maximum atomic E-state index is 13.5. The molecular formula is C81H159N3O6. The minimum absolute atomic E-state index is 0.0308. The van der Waals surface area contributed by atoms with Crippen LogP contribution in [0.1, 0.15) is 427 Å². The zero-order valence-corrected chi connectivity index (χ0v) is 62.0. The third-order valence-electron chi connectivity index (χ3n) is 19.6. The van der Waals surface area contributed by atoms with E-state index in [-0.39, 0.29) is 11.9 Å². The number of hydrogen-bond acceptors (Lipinski definition) is 7. The lowest BCUT2D eigenvalue weighted by atomic mass is 9.95. The van der Waals surface area contributed by atoms with Crippen LogP contribution in [0.4, 0.5) is 0 Å². The van der Waals surface area contributed by atoms with E-state index in [9.17, 15) is 19.2 Å². The third-order valence-corrected chi connectivity index (χ3v) is 19.6. The van der Waals surface area contributed by atoms with Crippen molar-refractivity contribution in [3.8, 4) is 0 Å². The summed E-state index contributed by atoms with van der Waals surface area (Å²) in [4.78, 5) is 59.7. The molecule has 0 N–H and O–H groups in total. The van der Waals surface area contributed by atoms with Gasteiger partial charge in [0, 0.05) is 51.9 Å². The van der Waals surface area contributed by atoms with Crippen LogP contribution in [-0.2, 0) is 28.7 Å². The van der Waals surface area contributed by atoms with Gasteiger partial charge in [0.25, 0.3) is 0 Å². The van der Waals surface area contributed by atoms with Gasteiger partial charge >= 0.3 is 11.9 Å². The number of amides is 2. The van der Waals surface area contributed by atoms with Crippen LogP contribution in [0.5, 0.6) is 0 Å². The van der Waals surface area contributed by atoms with Gasteiger partial charge in [-0.1, -0.05) is 311 Å². The summed E-state index contributed by atoms with van der Waals surface area (Å²) in [6.07, 6.45) is 70.4. The molecule has 9 nitrogen and oxygen atoms in total. The molecule has 0 fully saturated rings. The zero-order chi connectivity index (χ0) is 65.7. The van der Waals surface area contributed by atoms with Gasteiger partial charge in [-0.2, -0.15) is 0 Å². The molecule has 0 saturated heterocycles. The molecule has 0 rings (SSSR count). The number of carbonyl (C=O) groups excluding carboxylic acids is 4. The average molecular weight is 1270 g/mol. The fraction of sp³-hybridized carbons (Fsp3) is 0.951. The van der Waals surface area contributed by atoms with E-state index in [1.165, 1.54) is 296 Å². The molecule has 0 radical (unpaired) electrons. The third kappa shape index (κ3) is 62.0. The Labute approximate surface area is 562 Å². The molecule has 0 spiro atoms. The van der Waals surface area contributed by atoms with Crippen molar-refractivity contribution in [3.63, 3.8) is 0 Å². The van der Waals surface area contributed by atoms with Crippen molar-refractivity contribution >= 4 is 23.8 Å². The van der Waals surface area contributed by atoms with Crippen LogP contribution in [-0.4, -0.2) is 98.0 Å². The highest BCUT2D eigenvalue weighted by Crippen LogP contribution is 2.23. The second-order valence-corrected chi connectivity index (χ2v) is 28.6. The molecule has 0 aliphatic carbocycles. The molecule has 0 aromatic rings. The van der Waals surface area contributed by atoms with E-state index in [2.05, 4.69) is 63.3 Å². The van der Waals surface area contributed by atoms with Crippen LogP contribution in [0.3, 0.4) is 0 Å². The van der Waals surface area contributed by atoms with Crippen molar-refractivity contribution in [2.75, 3.05) is 59.5 Å². The van der Waals surface area contributed by atoms with Crippen molar-refractivity contribution in [3.05, 3.63) is 0 Å². The topological polar surface area (TPSA) is 96.5 Å². The predicted octanol–water partition coefficient (Wildman–Crippen LogP) is 24.4. The van der Waals surface area contributed by atoms with Gasteiger partial charge in [-0.3, -0.25) is 19.2 Å². The van der Waals surface area contributed by atoms with Gasteiger partial charge in [-0.25, -0.2) is 0 Å². The van der Waals surface area contributed by atoms with E-state index in [1.54, 1.807) is 0 Å². The molecular weight excluding hydrogens is 1110 g/mol. The molecule has 2 atom stereocenters. The molecule has 2 amide bonds. The number of ether oxygens (including phenoxy) is 2. The molecule has 0 aliphatic heterocycles. The van der Waals surface area contributed by atoms with E-state index in [4.69, 9.17) is 9.47 Å². The molecule has 0 aliphatic rings. The van der Waals surface area contributed by atoms with Gasteiger partial charge in [-0.05, 0) is 122 Å². The first-order valence-corrected chi connectivity index (χ1v) is 40.7. The summed E-state index contributed by atoms with van der Waals surface area (Å²) in [5, 5.41) is 0. The second-order valence-electron chi connectivity index (χ2n) is 28.6. The highest BCUT2D eigenvalue weighted by Gasteiger charge is 2.18. The van der Waals surface area contributed by atoms with E-state index < -0.39 is 0 Å². The number of rotatable bonds is 74. The summed E-state index contributed by atoms with van der Waals surface area (Å²) in [6, 6.07) is 0. The van der Waals surface area contributed by atoms with Crippen LogP contribution in [0.15, 0.2) is 0 Å². The standard InChI is InChI=1S/C81H159N3O6/c1-8-14-20-26-30-38-50-64-78(85)83(72-58-44-52-66-80(87)89-74-76(60-46-24-18-12-5)62-48-36-28-22-16-10-3)70-56-42-34-32-40-54-68-82(7)69-55-41-33-35-43-57-71-84(79(86)65-51-39-31-27-21-15-9-2)73-59-45-53-67-81(88)90-75-77(61-47-25-19-13-6)63-49-37-29-23-17-11-4/h76-77H,8-75H2,1-7H3. The largest absolute Gasteiger partial charge is 0.465 e. The lowest BCUT2D eigenvalue weighted by Crippen LogP contribution is -2.32. The Morgan fingerprint density at radius 1 is 0.244 bits per heavy atom. The van der Waals surface area contributed by atoms with Gasteiger partial charge in [-0.15, -0.1) is 0 Å². The number of nitrogens with zero attached hydrogens (tertiary/aromatic N) is 3. The first-order chi connectivity index (χ1) is 44.1. The molecule has 9 heteroatoms. The molecule has 0 heterocycles. The Hall–Kier alpha value is -2.16. The fourth-order valence-corrected chi connectivity index (χ4v) is 13.2. The van der Waals surface area contributed by atoms with Gasteiger partial charge in [0.15, 0.2) is 0 Å². The van der Waals surface area contributed by atoms with Crippen molar-refractivity contribution < 1.29 is 28.7 Å². The Kier molecular flexibility index (Phi) is 69.4. The second kappa shape index (κ2) is 71.1. The molecule has 0 aromatic heterocycles. The van der Waals surface area contributed by atoms with Crippen LogP contribution in [0.25, 0.3) is 0 Å². The Morgan fingerprint density at radius 3 is 0.722 bits per heavy atom. The number of esters is 2. The van der Waals surface area contributed by atoms with Gasteiger partial charge in [0.05, 0.1) is 13.2 Å². The Morgan fingerprint density at radius 2 is 0.444 bits per heavy atom. The van der Waals surface area contributed by atoms with Crippen LogP contribution in [0.2, 0.25) is 0 Å². The van der Waals surface area contributed by atoms with Crippen LogP contribution in [0, 0.1) is 11.8 Å². The summed E-state index contributed by atoms with van der Waals surface area (Å²) < 4.78 is 11.8. The van der Waals surface area contributed by atoms with Crippen molar-refractivity contribution in [1.29, 1.82) is 0 Å². The molecule has 90 heavy (non-hydrogen) atoms. The lowest BCUT2D eigenvalue weighted by molar-refractivity contribution is -0.146. The summed E-state index contributed by atoms with van der Waals surface area (Å²) in [5.74, 6) is 1.62. The number of hydrogen-bond donors (Lipinski definition) is 0. The first kappa shape index (κ1) is 87.8. The summed E-state index contributed by atoms with van der Waals surface area (Å²) in [7, 11) is 2.29.